The molecule has 21 heavy (non-hydrogen) atoms. The number of hydrogen-bond donors (Lipinski definition) is 1. The van der Waals surface area contributed by atoms with Crippen LogP contribution in [-0.4, -0.2) is 37.3 Å². The zero-order valence-corrected chi connectivity index (χ0v) is 12.9. The van der Waals surface area contributed by atoms with Crippen LogP contribution in [0.25, 0.3) is 0 Å². The van der Waals surface area contributed by atoms with Crippen molar-refractivity contribution in [3.63, 3.8) is 0 Å². The molecule has 0 saturated carbocycles. The number of halogens is 1. The summed E-state index contributed by atoms with van der Waals surface area (Å²) < 4.78 is 40.2. The molecule has 0 bridgehead atoms. The predicted molar refractivity (Wildman–Crippen MR) is 77.3 cm³/mol. The summed E-state index contributed by atoms with van der Waals surface area (Å²) in [6, 6.07) is 1.65. The summed E-state index contributed by atoms with van der Waals surface area (Å²) in [5.74, 6) is -1.13. The number of hydrogen-bond acceptors (Lipinski definition) is 5. The first kappa shape index (κ1) is 17.3. The molecule has 0 fully saturated rings. The highest BCUT2D eigenvalue weighted by Gasteiger charge is 2.30. The van der Waals surface area contributed by atoms with Crippen LogP contribution in [0, 0.1) is 15.9 Å². The van der Waals surface area contributed by atoms with Gasteiger partial charge >= 0.3 is 0 Å². The summed E-state index contributed by atoms with van der Waals surface area (Å²) >= 11 is 0. The van der Waals surface area contributed by atoms with Gasteiger partial charge in [-0.25, -0.2) is 12.8 Å². The molecule has 0 atom stereocenters. The van der Waals surface area contributed by atoms with Gasteiger partial charge in [-0.1, -0.05) is 13.8 Å². The van der Waals surface area contributed by atoms with Crippen LogP contribution >= 0.6 is 0 Å². The zero-order valence-electron chi connectivity index (χ0n) is 12.1. The number of nitro groups is 1. The van der Waals surface area contributed by atoms with E-state index in [0.29, 0.717) is 12.6 Å². The maximum atomic E-state index is 14.2. The van der Waals surface area contributed by atoms with Gasteiger partial charge in [0.1, 0.15) is 4.90 Å². The number of anilines is 1. The second-order valence-corrected chi connectivity index (χ2v) is 6.06. The monoisotopic (exact) mass is 319 g/mol. The van der Waals surface area contributed by atoms with E-state index in [4.69, 9.17) is 0 Å². The second-order valence-electron chi connectivity index (χ2n) is 4.18. The molecule has 0 radical (unpaired) electrons. The van der Waals surface area contributed by atoms with E-state index in [-0.39, 0.29) is 18.8 Å². The van der Waals surface area contributed by atoms with E-state index in [1.54, 1.807) is 20.8 Å². The van der Waals surface area contributed by atoms with Crippen molar-refractivity contribution in [1.29, 1.82) is 0 Å². The lowest BCUT2D eigenvalue weighted by Crippen LogP contribution is -2.32. The van der Waals surface area contributed by atoms with Crippen LogP contribution in [0.15, 0.2) is 17.0 Å². The summed E-state index contributed by atoms with van der Waals surface area (Å²) in [6.45, 7) is 5.63. The molecule has 0 heterocycles. The molecule has 0 aliphatic rings. The first-order valence-electron chi connectivity index (χ1n) is 6.51. The fourth-order valence-corrected chi connectivity index (χ4v) is 3.61. The number of nitro benzene ring substituents is 1. The summed E-state index contributed by atoms with van der Waals surface area (Å²) in [4.78, 5) is 9.45. The molecule has 0 aliphatic carbocycles. The molecule has 0 spiro atoms. The molecule has 118 valence electrons. The predicted octanol–water partition coefficient (Wildman–Crippen LogP) is 2.20. The Balaban J connectivity index is 3.58. The quantitative estimate of drug-likeness (QED) is 0.614. The van der Waals surface area contributed by atoms with Gasteiger partial charge in [0, 0.05) is 25.7 Å². The van der Waals surface area contributed by atoms with Crippen molar-refractivity contribution in [3.05, 3.63) is 28.1 Å². The van der Waals surface area contributed by atoms with E-state index in [2.05, 4.69) is 5.32 Å². The van der Waals surface area contributed by atoms with E-state index < -0.39 is 31.3 Å². The van der Waals surface area contributed by atoms with E-state index in [1.807, 2.05) is 0 Å². The smallest absolute Gasteiger partial charge is 0.274 e. The fourth-order valence-electron chi connectivity index (χ4n) is 1.96. The van der Waals surface area contributed by atoms with Gasteiger partial charge in [0.05, 0.1) is 16.7 Å². The van der Waals surface area contributed by atoms with Gasteiger partial charge in [-0.2, -0.15) is 4.31 Å². The Hall–Kier alpha value is -1.74. The Kier molecular flexibility index (Phi) is 5.62. The van der Waals surface area contributed by atoms with Gasteiger partial charge in [0.2, 0.25) is 10.0 Å². The van der Waals surface area contributed by atoms with Gasteiger partial charge in [-0.05, 0) is 6.92 Å². The Labute approximate surface area is 123 Å². The van der Waals surface area contributed by atoms with Crippen molar-refractivity contribution >= 4 is 21.4 Å². The summed E-state index contributed by atoms with van der Waals surface area (Å²) in [6.07, 6.45) is 0. The number of benzene rings is 1. The number of nitrogens with one attached hydrogen (secondary N) is 1. The van der Waals surface area contributed by atoms with Crippen molar-refractivity contribution in [1.82, 2.24) is 4.31 Å². The SMILES string of the molecule is CCNc1cc([N+](=O)[O-])cc(F)c1S(=O)(=O)N(CC)CC. The van der Waals surface area contributed by atoms with E-state index >= 15 is 0 Å². The summed E-state index contributed by atoms with van der Waals surface area (Å²) in [7, 11) is -4.05. The highest BCUT2D eigenvalue weighted by atomic mass is 32.2. The number of rotatable bonds is 7. The van der Waals surface area contributed by atoms with Gasteiger partial charge in [-0.3, -0.25) is 10.1 Å². The lowest BCUT2D eigenvalue weighted by atomic mass is 10.2. The topological polar surface area (TPSA) is 92.5 Å². The highest BCUT2D eigenvalue weighted by molar-refractivity contribution is 7.89. The Bertz CT molecular complexity index is 630. The van der Waals surface area contributed by atoms with Crippen LogP contribution < -0.4 is 5.32 Å². The Morgan fingerprint density at radius 1 is 1.29 bits per heavy atom. The van der Waals surface area contributed by atoms with E-state index in [0.717, 1.165) is 10.4 Å². The first-order chi connectivity index (χ1) is 9.79. The maximum absolute atomic E-state index is 14.2. The van der Waals surface area contributed by atoms with Crippen LogP contribution in [0.1, 0.15) is 20.8 Å². The van der Waals surface area contributed by atoms with E-state index in [9.17, 15) is 22.9 Å². The summed E-state index contributed by atoms with van der Waals surface area (Å²) in [5.41, 5.74) is -0.599. The molecule has 7 nitrogen and oxygen atoms in total. The van der Waals surface area contributed by atoms with Gasteiger partial charge < -0.3 is 5.32 Å². The number of non-ortho nitro benzene ring substituents is 1. The molecule has 0 saturated heterocycles. The molecule has 1 N–H and O–H groups in total. The molecule has 9 heteroatoms. The maximum Gasteiger partial charge on any atom is 0.274 e. The Morgan fingerprint density at radius 2 is 1.86 bits per heavy atom. The highest BCUT2D eigenvalue weighted by Crippen LogP contribution is 2.31. The molecule has 0 aliphatic heterocycles. The summed E-state index contributed by atoms with van der Waals surface area (Å²) in [5, 5.41) is 13.4. The molecule has 1 rings (SSSR count). The normalized spacial score (nSPS) is 11.7. The lowest BCUT2D eigenvalue weighted by Gasteiger charge is -2.21. The number of nitrogens with zero attached hydrogens (tertiary/aromatic N) is 2. The largest absolute Gasteiger partial charge is 0.384 e. The molecular formula is C12H18FN3O4S. The minimum Gasteiger partial charge on any atom is -0.384 e. The van der Waals surface area contributed by atoms with Crippen LogP contribution in [0.5, 0.6) is 0 Å². The molecule has 0 amide bonds. The Morgan fingerprint density at radius 3 is 2.29 bits per heavy atom. The first-order valence-corrected chi connectivity index (χ1v) is 7.95. The van der Waals surface area contributed by atoms with Crippen molar-refractivity contribution in [2.45, 2.75) is 25.7 Å². The fraction of sp³-hybridized carbons (Fsp3) is 0.500. The van der Waals surface area contributed by atoms with E-state index in [1.165, 1.54) is 0 Å². The van der Waals surface area contributed by atoms with Crippen molar-refractivity contribution in [3.8, 4) is 0 Å². The average Bonchev–Trinajstić information content (AvgIpc) is 2.39. The molecule has 0 unspecified atom stereocenters. The van der Waals surface area contributed by atoms with Crippen molar-refractivity contribution < 1.29 is 17.7 Å². The molecule has 1 aromatic carbocycles. The minimum absolute atomic E-state index is 0.101. The third-order valence-electron chi connectivity index (χ3n) is 2.91. The van der Waals surface area contributed by atoms with Crippen LogP contribution in [0.4, 0.5) is 15.8 Å². The van der Waals surface area contributed by atoms with Crippen molar-refractivity contribution in [2.24, 2.45) is 0 Å². The lowest BCUT2D eigenvalue weighted by molar-refractivity contribution is -0.385. The zero-order chi connectivity index (χ0) is 16.2. The minimum atomic E-state index is -4.05. The van der Waals surface area contributed by atoms with Crippen LogP contribution in [-0.2, 0) is 10.0 Å². The average molecular weight is 319 g/mol. The molecule has 0 aromatic heterocycles. The van der Waals surface area contributed by atoms with Gasteiger partial charge in [0.15, 0.2) is 5.82 Å². The standard InChI is InChI=1S/C12H18FN3O4S/c1-4-14-11-8-9(16(17)18)7-10(13)12(11)21(19,20)15(5-2)6-3/h7-8,14H,4-6H2,1-3H3. The number of sulfonamides is 1. The van der Waals surface area contributed by atoms with Gasteiger partial charge in [0.25, 0.3) is 5.69 Å². The third-order valence-corrected chi connectivity index (χ3v) is 5.04. The molecule has 1 aromatic rings. The molecular weight excluding hydrogens is 301 g/mol. The third kappa shape index (κ3) is 3.48. The van der Waals surface area contributed by atoms with Crippen molar-refractivity contribution in [2.75, 3.05) is 25.0 Å². The van der Waals surface area contributed by atoms with Crippen LogP contribution in [0.2, 0.25) is 0 Å². The second kappa shape index (κ2) is 6.81. The van der Waals surface area contributed by atoms with Gasteiger partial charge in [-0.15, -0.1) is 0 Å². The van der Waals surface area contributed by atoms with Crippen LogP contribution in [0.3, 0.4) is 0 Å².